The molecule has 1 saturated heterocycles. The van der Waals surface area contributed by atoms with Crippen LogP contribution in [0.3, 0.4) is 0 Å². The molecule has 3 unspecified atom stereocenters. The number of carbonyl (C=O) groups is 2. The van der Waals surface area contributed by atoms with Crippen molar-refractivity contribution in [3.8, 4) is 0 Å². The van der Waals surface area contributed by atoms with Crippen LogP contribution in [0.15, 0.2) is 102 Å². The molecule has 0 spiro atoms. The average molecular weight is 528 g/mol. The molecule has 2 heterocycles. The van der Waals surface area contributed by atoms with Crippen molar-refractivity contribution < 1.29 is 19.1 Å². The van der Waals surface area contributed by atoms with Gasteiger partial charge < -0.3 is 14.4 Å². The molecule has 2 aliphatic rings. The fraction of sp³-hybridized carbons (Fsp3) is 0.312. The molecule has 3 atom stereocenters. The van der Waals surface area contributed by atoms with Gasteiger partial charge in [-0.2, -0.15) is 0 Å². The van der Waals surface area contributed by atoms with E-state index in [1.165, 1.54) is 11.8 Å². The summed E-state index contributed by atoms with van der Waals surface area (Å²) in [5.41, 5.74) is 1.46. The quantitative estimate of drug-likeness (QED) is 0.141. The molecule has 0 radical (unpaired) electrons. The van der Waals surface area contributed by atoms with Gasteiger partial charge in [0, 0.05) is 35.1 Å². The average Bonchev–Trinajstić information content (AvgIpc) is 3.26. The number of nitrogens with zero attached hydrogens (tertiary/aromatic N) is 1. The zero-order valence-corrected chi connectivity index (χ0v) is 23.0. The normalized spacial score (nSPS) is 19.8. The Balaban J connectivity index is 1.64. The van der Waals surface area contributed by atoms with Gasteiger partial charge in [-0.05, 0) is 12.8 Å². The van der Waals surface area contributed by atoms with Crippen molar-refractivity contribution in [1.82, 2.24) is 4.90 Å². The van der Waals surface area contributed by atoms with Crippen LogP contribution in [-0.4, -0.2) is 35.4 Å². The standard InChI is InChI=1S/C32H33NO4S/c1-21(2)28-26-20-27(38-22(3)36-4)29(33(26)30(28)34)31(35)37-32(23-14-8-5-9-15-23,24-16-10-6-11-17-24)25-18-12-7-13-19-25/h5-19,21-22,26,28H,20H2,1-4H3. The fourth-order valence-electron chi connectivity index (χ4n) is 5.66. The number of esters is 1. The number of methoxy groups -OCH3 is 1. The third-order valence-electron chi connectivity index (χ3n) is 7.51. The Bertz CT molecular complexity index is 1230. The van der Waals surface area contributed by atoms with Crippen LogP contribution in [0.25, 0.3) is 0 Å². The number of hydrogen-bond donors (Lipinski definition) is 0. The summed E-state index contributed by atoms with van der Waals surface area (Å²) in [6.07, 6.45) is 0.631. The van der Waals surface area contributed by atoms with Crippen LogP contribution in [0.4, 0.5) is 0 Å². The predicted octanol–water partition coefficient (Wildman–Crippen LogP) is 6.35. The summed E-state index contributed by atoms with van der Waals surface area (Å²) >= 11 is 1.48. The van der Waals surface area contributed by atoms with Crippen LogP contribution in [0.5, 0.6) is 0 Å². The number of fused-ring (bicyclic) bond motifs is 1. The lowest BCUT2D eigenvalue weighted by molar-refractivity contribution is -0.162. The van der Waals surface area contributed by atoms with E-state index in [9.17, 15) is 9.59 Å². The first-order valence-electron chi connectivity index (χ1n) is 13.0. The van der Waals surface area contributed by atoms with Crippen LogP contribution in [0.2, 0.25) is 0 Å². The van der Waals surface area contributed by atoms with E-state index >= 15 is 0 Å². The number of hydrogen-bond acceptors (Lipinski definition) is 5. The minimum atomic E-state index is -1.21. The Labute approximate surface area is 228 Å². The Kier molecular flexibility index (Phi) is 7.46. The highest BCUT2D eigenvalue weighted by atomic mass is 32.2. The predicted molar refractivity (Wildman–Crippen MR) is 150 cm³/mol. The second kappa shape index (κ2) is 10.8. The molecule has 0 aliphatic carbocycles. The van der Waals surface area contributed by atoms with Crippen molar-refractivity contribution in [3.05, 3.63) is 118 Å². The monoisotopic (exact) mass is 527 g/mol. The zero-order valence-electron chi connectivity index (χ0n) is 22.2. The number of carbonyl (C=O) groups excluding carboxylic acids is 2. The number of β-lactam (4-membered cyclic amide) rings is 1. The van der Waals surface area contributed by atoms with Crippen LogP contribution in [0.1, 0.15) is 43.9 Å². The number of thioether (sulfide) groups is 1. The Morgan fingerprint density at radius 1 is 0.868 bits per heavy atom. The molecule has 2 aliphatic heterocycles. The van der Waals surface area contributed by atoms with Gasteiger partial charge in [-0.3, -0.25) is 4.79 Å². The highest BCUT2D eigenvalue weighted by molar-refractivity contribution is 8.03. The van der Waals surface area contributed by atoms with E-state index in [0.717, 1.165) is 21.6 Å². The topological polar surface area (TPSA) is 55.8 Å². The second-order valence-corrected chi connectivity index (χ2v) is 11.5. The van der Waals surface area contributed by atoms with E-state index in [-0.39, 0.29) is 29.2 Å². The molecule has 0 aromatic heterocycles. The summed E-state index contributed by atoms with van der Waals surface area (Å²) in [5.74, 6) is -0.425. The summed E-state index contributed by atoms with van der Waals surface area (Å²) in [4.78, 5) is 30.2. The second-order valence-electron chi connectivity index (χ2n) is 10.1. The summed E-state index contributed by atoms with van der Waals surface area (Å²) in [6, 6.07) is 29.4. The molecule has 5 rings (SSSR count). The molecule has 5 nitrogen and oxygen atoms in total. The third-order valence-corrected chi connectivity index (χ3v) is 8.68. The summed E-state index contributed by atoms with van der Waals surface area (Å²) in [6.45, 7) is 6.07. The van der Waals surface area contributed by atoms with Crippen molar-refractivity contribution in [2.24, 2.45) is 11.8 Å². The summed E-state index contributed by atoms with van der Waals surface area (Å²) in [5, 5.41) is 0. The maximum atomic E-state index is 14.3. The zero-order chi connectivity index (χ0) is 26.9. The first-order valence-corrected chi connectivity index (χ1v) is 13.9. The Morgan fingerprint density at radius 2 is 1.34 bits per heavy atom. The van der Waals surface area contributed by atoms with Gasteiger partial charge in [-0.25, -0.2) is 4.79 Å². The van der Waals surface area contributed by atoms with Gasteiger partial charge in [0.2, 0.25) is 5.91 Å². The lowest BCUT2D eigenvalue weighted by atomic mass is 9.79. The van der Waals surface area contributed by atoms with Crippen LogP contribution in [-0.2, 0) is 24.7 Å². The minimum Gasteiger partial charge on any atom is -0.440 e. The summed E-state index contributed by atoms with van der Waals surface area (Å²) in [7, 11) is 1.65. The van der Waals surface area contributed by atoms with Crippen LogP contribution >= 0.6 is 11.8 Å². The van der Waals surface area contributed by atoms with Gasteiger partial charge in [0.05, 0.1) is 12.0 Å². The van der Waals surface area contributed by atoms with E-state index in [4.69, 9.17) is 9.47 Å². The third kappa shape index (κ3) is 4.46. The molecule has 1 amide bonds. The van der Waals surface area contributed by atoms with Gasteiger partial charge in [-0.1, -0.05) is 117 Å². The van der Waals surface area contributed by atoms with E-state index in [0.29, 0.717) is 12.1 Å². The lowest BCUT2D eigenvalue weighted by Gasteiger charge is -2.46. The lowest BCUT2D eigenvalue weighted by Crippen LogP contribution is -2.60. The fourth-order valence-corrected chi connectivity index (χ4v) is 6.72. The minimum absolute atomic E-state index is 0.0117. The highest BCUT2D eigenvalue weighted by Gasteiger charge is 2.57. The molecule has 0 saturated carbocycles. The van der Waals surface area contributed by atoms with Crippen LogP contribution in [0, 0.1) is 11.8 Å². The highest BCUT2D eigenvalue weighted by Crippen LogP contribution is 2.50. The molecule has 0 N–H and O–H groups in total. The molecular weight excluding hydrogens is 494 g/mol. The number of benzene rings is 3. The van der Waals surface area contributed by atoms with E-state index in [1.807, 2.05) is 97.9 Å². The molecular formula is C32H33NO4S. The van der Waals surface area contributed by atoms with E-state index in [2.05, 4.69) is 13.8 Å². The molecule has 196 valence electrons. The van der Waals surface area contributed by atoms with Gasteiger partial charge >= 0.3 is 5.97 Å². The SMILES string of the molecule is COC(C)SC1=C(C(=O)OC(c2ccccc2)(c2ccccc2)c2ccccc2)N2C(=O)C(C(C)C)C2C1. The molecule has 0 bridgehead atoms. The summed E-state index contributed by atoms with van der Waals surface area (Å²) < 4.78 is 12.2. The number of rotatable bonds is 9. The maximum Gasteiger partial charge on any atom is 0.357 e. The van der Waals surface area contributed by atoms with Crippen molar-refractivity contribution >= 4 is 23.6 Å². The van der Waals surface area contributed by atoms with Crippen molar-refractivity contribution in [2.75, 3.05) is 7.11 Å². The molecule has 6 heteroatoms. The van der Waals surface area contributed by atoms with Crippen LogP contribution < -0.4 is 0 Å². The van der Waals surface area contributed by atoms with Gasteiger partial charge in [0.15, 0.2) is 5.60 Å². The largest absolute Gasteiger partial charge is 0.440 e. The molecule has 3 aromatic carbocycles. The molecule has 38 heavy (non-hydrogen) atoms. The molecule has 3 aromatic rings. The Hall–Kier alpha value is -3.35. The van der Waals surface area contributed by atoms with Gasteiger partial charge in [-0.15, -0.1) is 0 Å². The van der Waals surface area contributed by atoms with Gasteiger partial charge in [0.25, 0.3) is 0 Å². The first kappa shape index (κ1) is 26.3. The number of ether oxygens (including phenoxy) is 2. The first-order chi connectivity index (χ1) is 18.4. The van der Waals surface area contributed by atoms with Gasteiger partial charge in [0.1, 0.15) is 11.1 Å². The Morgan fingerprint density at radius 3 is 1.76 bits per heavy atom. The van der Waals surface area contributed by atoms with Crippen molar-refractivity contribution in [1.29, 1.82) is 0 Å². The van der Waals surface area contributed by atoms with Crippen molar-refractivity contribution in [2.45, 2.75) is 44.3 Å². The number of amides is 1. The molecule has 1 fully saturated rings. The van der Waals surface area contributed by atoms with E-state index in [1.54, 1.807) is 12.0 Å². The smallest absolute Gasteiger partial charge is 0.357 e. The maximum absolute atomic E-state index is 14.3. The van der Waals surface area contributed by atoms with E-state index < -0.39 is 11.6 Å². The van der Waals surface area contributed by atoms with Crippen molar-refractivity contribution in [3.63, 3.8) is 0 Å².